The first-order valence-electron chi connectivity index (χ1n) is 7.94. The van der Waals surface area contributed by atoms with E-state index in [-0.39, 0.29) is 5.91 Å². The first kappa shape index (κ1) is 17.6. The summed E-state index contributed by atoms with van der Waals surface area (Å²) in [4.78, 5) is 23.2. The number of aromatic nitrogens is 2. The fourth-order valence-corrected chi connectivity index (χ4v) is 4.05. The van der Waals surface area contributed by atoms with E-state index >= 15 is 0 Å². The van der Waals surface area contributed by atoms with Crippen LogP contribution in [0.5, 0.6) is 5.75 Å². The van der Waals surface area contributed by atoms with Crippen LogP contribution in [0.3, 0.4) is 0 Å². The molecule has 0 radical (unpaired) electrons. The topological polar surface area (TPSA) is 64.1 Å². The molecule has 1 N–H and O–H groups in total. The van der Waals surface area contributed by atoms with Crippen LogP contribution in [-0.4, -0.2) is 22.5 Å². The number of amides is 1. The van der Waals surface area contributed by atoms with Gasteiger partial charge in [0.1, 0.15) is 15.6 Å². The van der Waals surface area contributed by atoms with Crippen LogP contribution in [0, 0.1) is 20.8 Å². The highest BCUT2D eigenvalue weighted by Gasteiger charge is 2.18. The maximum absolute atomic E-state index is 12.5. The van der Waals surface area contributed by atoms with Gasteiger partial charge in [-0.25, -0.2) is 9.97 Å². The summed E-state index contributed by atoms with van der Waals surface area (Å²) in [5.74, 6) is 0.660. The van der Waals surface area contributed by atoms with Crippen molar-refractivity contribution in [2.24, 2.45) is 0 Å². The van der Waals surface area contributed by atoms with Gasteiger partial charge in [0, 0.05) is 10.4 Å². The summed E-state index contributed by atoms with van der Waals surface area (Å²) in [5, 5.41) is 4.31. The Morgan fingerprint density at radius 2 is 1.80 bits per heavy atom. The van der Waals surface area contributed by atoms with Gasteiger partial charge >= 0.3 is 0 Å². The zero-order chi connectivity index (χ0) is 18.0. The average molecular weight is 374 g/mol. The second-order valence-electron chi connectivity index (χ2n) is 5.51. The lowest BCUT2D eigenvalue weighted by atomic mass is 10.2. The third-order valence-electron chi connectivity index (χ3n) is 3.66. The molecule has 3 aromatic rings. The Kier molecular flexibility index (Phi) is 5.15. The summed E-state index contributed by atoms with van der Waals surface area (Å²) in [6, 6.07) is 7.74. The molecule has 0 spiro atoms. The minimum atomic E-state index is -0.166. The van der Waals surface area contributed by atoms with Gasteiger partial charge in [0.2, 0.25) is 0 Å². The second kappa shape index (κ2) is 7.33. The normalized spacial score (nSPS) is 10.7. The highest BCUT2D eigenvalue weighted by molar-refractivity contribution is 7.18. The number of aryl methyl sites for hydroxylation is 3. The van der Waals surface area contributed by atoms with Crippen molar-refractivity contribution in [1.82, 2.24) is 9.97 Å². The molecular formula is C18H19N3O2S2. The first-order chi connectivity index (χ1) is 12.0. The number of thiazole rings is 2. The summed E-state index contributed by atoms with van der Waals surface area (Å²) in [6.45, 7) is 8.36. The number of benzene rings is 1. The Hall–Kier alpha value is -2.25. The summed E-state index contributed by atoms with van der Waals surface area (Å²) in [6.07, 6.45) is 0. The molecule has 0 saturated heterocycles. The summed E-state index contributed by atoms with van der Waals surface area (Å²) in [7, 11) is 0. The molecule has 0 aliphatic heterocycles. The maximum atomic E-state index is 12.5. The number of rotatable bonds is 5. The molecule has 0 fully saturated rings. The Labute approximate surface area is 154 Å². The van der Waals surface area contributed by atoms with Gasteiger partial charge in [0.05, 0.1) is 18.0 Å². The quantitative estimate of drug-likeness (QED) is 0.695. The van der Waals surface area contributed by atoms with Gasteiger partial charge in [0.25, 0.3) is 5.91 Å². The Morgan fingerprint density at radius 3 is 2.40 bits per heavy atom. The highest BCUT2D eigenvalue weighted by Crippen LogP contribution is 2.30. The number of anilines is 1. The van der Waals surface area contributed by atoms with E-state index in [0.717, 1.165) is 32.6 Å². The van der Waals surface area contributed by atoms with Crippen molar-refractivity contribution in [3.63, 3.8) is 0 Å². The SMILES string of the molecule is CCOc1ccc(-c2nc(C)c(C(=O)Nc3nc(C)c(C)s3)s2)cc1. The molecule has 1 amide bonds. The molecule has 0 aliphatic rings. The van der Waals surface area contributed by atoms with Crippen LogP contribution in [-0.2, 0) is 0 Å². The molecular weight excluding hydrogens is 354 g/mol. The summed E-state index contributed by atoms with van der Waals surface area (Å²) >= 11 is 2.86. The fourth-order valence-electron chi connectivity index (χ4n) is 2.27. The van der Waals surface area contributed by atoms with Crippen LogP contribution in [0.25, 0.3) is 10.6 Å². The standard InChI is InChI=1S/C18H19N3O2S2/c1-5-23-14-8-6-13(7-9-14)17-19-11(3)15(25-17)16(22)21-18-20-10(2)12(4)24-18/h6-9H,5H2,1-4H3,(H,20,21,22). The molecule has 7 heteroatoms. The highest BCUT2D eigenvalue weighted by atomic mass is 32.1. The van der Waals surface area contributed by atoms with Crippen molar-refractivity contribution in [1.29, 1.82) is 0 Å². The Balaban J connectivity index is 1.80. The molecule has 0 aliphatic carbocycles. The molecule has 0 unspecified atom stereocenters. The number of hydrogen-bond acceptors (Lipinski definition) is 6. The zero-order valence-corrected chi connectivity index (χ0v) is 16.2. The Bertz CT molecular complexity index is 878. The largest absolute Gasteiger partial charge is 0.494 e. The molecule has 0 atom stereocenters. The molecule has 5 nitrogen and oxygen atoms in total. The monoisotopic (exact) mass is 373 g/mol. The van der Waals surface area contributed by atoms with Crippen molar-refractivity contribution >= 4 is 33.7 Å². The van der Waals surface area contributed by atoms with E-state index in [1.54, 1.807) is 0 Å². The zero-order valence-electron chi connectivity index (χ0n) is 14.5. The van der Waals surface area contributed by atoms with Gasteiger partial charge < -0.3 is 4.74 Å². The number of nitrogens with one attached hydrogen (secondary N) is 1. The van der Waals surface area contributed by atoms with Crippen LogP contribution >= 0.6 is 22.7 Å². The van der Waals surface area contributed by atoms with E-state index in [1.807, 2.05) is 52.0 Å². The number of carbonyl (C=O) groups is 1. The van der Waals surface area contributed by atoms with Crippen molar-refractivity contribution in [3.8, 4) is 16.3 Å². The molecule has 25 heavy (non-hydrogen) atoms. The number of nitrogens with zero attached hydrogens (tertiary/aromatic N) is 2. The Morgan fingerprint density at radius 1 is 1.08 bits per heavy atom. The number of hydrogen-bond donors (Lipinski definition) is 1. The molecule has 2 aromatic heterocycles. The number of ether oxygens (including phenoxy) is 1. The molecule has 1 aromatic carbocycles. The third kappa shape index (κ3) is 3.88. The van der Waals surface area contributed by atoms with Gasteiger partial charge in [-0.15, -0.1) is 22.7 Å². The second-order valence-corrected chi connectivity index (χ2v) is 7.71. The van der Waals surface area contributed by atoms with Gasteiger partial charge in [-0.05, 0) is 52.0 Å². The number of carbonyl (C=O) groups excluding carboxylic acids is 1. The molecule has 0 saturated carbocycles. The van der Waals surface area contributed by atoms with E-state index in [0.29, 0.717) is 16.6 Å². The van der Waals surface area contributed by atoms with Crippen molar-refractivity contribution in [2.75, 3.05) is 11.9 Å². The lowest BCUT2D eigenvalue weighted by molar-refractivity contribution is 0.103. The van der Waals surface area contributed by atoms with Gasteiger partial charge in [0.15, 0.2) is 5.13 Å². The third-order valence-corrected chi connectivity index (χ3v) is 5.86. The van der Waals surface area contributed by atoms with E-state index in [9.17, 15) is 4.79 Å². The molecule has 3 rings (SSSR count). The predicted octanol–water partition coefficient (Wildman–Crippen LogP) is 4.84. The lowest BCUT2D eigenvalue weighted by Crippen LogP contribution is -2.11. The van der Waals surface area contributed by atoms with Crippen LogP contribution < -0.4 is 10.1 Å². The van der Waals surface area contributed by atoms with E-state index in [2.05, 4.69) is 15.3 Å². The van der Waals surface area contributed by atoms with Gasteiger partial charge in [-0.2, -0.15) is 0 Å². The smallest absolute Gasteiger partial charge is 0.269 e. The van der Waals surface area contributed by atoms with Crippen molar-refractivity contribution < 1.29 is 9.53 Å². The lowest BCUT2D eigenvalue weighted by Gasteiger charge is -2.02. The predicted molar refractivity (Wildman–Crippen MR) is 103 cm³/mol. The van der Waals surface area contributed by atoms with Crippen LogP contribution in [0.2, 0.25) is 0 Å². The summed E-state index contributed by atoms with van der Waals surface area (Å²) in [5.41, 5.74) is 2.63. The molecule has 130 valence electrons. The van der Waals surface area contributed by atoms with Crippen LogP contribution in [0.1, 0.15) is 32.9 Å². The fraction of sp³-hybridized carbons (Fsp3) is 0.278. The van der Waals surface area contributed by atoms with Crippen molar-refractivity contribution in [2.45, 2.75) is 27.7 Å². The van der Waals surface area contributed by atoms with E-state index in [1.165, 1.54) is 22.7 Å². The van der Waals surface area contributed by atoms with Gasteiger partial charge in [-0.3, -0.25) is 10.1 Å². The maximum Gasteiger partial charge on any atom is 0.269 e. The molecule has 0 bridgehead atoms. The van der Waals surface area contributed by atoms with E-state index in [4.69, 9.17) is 4.74 Å². The average Bonchev–Trinajstić information content (AvgIpc) is 3.11. The minimum Gasteiger partial charge on any atom is -0.494 e. The minimum absolute atomic E-state index is 0.166. The van der Waals surface area contributed by atoms with Crippen molar-refractivity contribution in [3.05, 3.63) is 45.4 Å². The molecule has 2 heterocycles. The van der Waals surface area contributed by atoms with Crippen LogP contribution in [0.15, 0.2) is 24.3 Å². The van der Waals surface area contributed by atoms with Crippen LogP contribution in [0.4, 0.5) is 5.13 Å². The van der Waals surface area contributed by atoms with E-state index < -0.39 is 0 Å². The first-order valence-corrected chi connectivity index (χ1v) is 9.57. The van der Waals surface area contributed by atoms with Gasteiger partial charge in [-0.1, -0.05) is 0 Å². The summed E-state index contributed by atoms with van der Waals surface area (Å²) < 4.78 is 5.45.